The van der Waals surface area contributed by atoms with Gasteiger partial charge in [-0.1, -0.05) is 0 Å². The fourth-order valence-corrected chi connectivity index (χ4v) is 2.26. The molecule has 0 fully saturated rings. The number of carbonyl (C=O) groups is 2. The maximum absolute atomic E-state index is 11.7. The van der Waals surface area contributed by atoms with Gasteiger partial charge in [0.05, 0.1) is 0 Å². The largest absolute Gasteiger partial charge is 0.451 e. The molecule has 0 aromatic carbocycles. The summed E-state index contributed by atoms with van der Waals surface area (Å²) >= 11 is 1.29. The third-order valence-electron chi connectivity index (χ3n) is 2.36. The molecule has 0 unspecified atom stereocenters. The van der Waals surface area contributed by atoms with Crippen LogP contribution >= 0.6 is 11.3 Å². The summed E-state index contributed by atoms with van der Waals surface area (Å²) in [6.07, 6.45) is 0. The average molecular weight is 279 g/mol. The Morgan fingerprint density at radius 3 is 2.84 bits per heavy atom. The van der Waals surface area contributed by atoms with E-state index >= 15 is 0 Å². The van der Waals surface area contributed by atoms with Gasteiger partial charge in [0.25, 0.3) is 5.91 Å². The van der Waals surface area contributed by atoms with E-state index in [-0.39, 0.29) is 6.61 Å². The number of H-pyrrole nitrogens is 1. The van der Waals surface area contributed by atoms with Crippen molar-refractivity contribution in [3.05, 3.63) is 33.6 Å². The highest BCUT2D eigenvalue weighted by atomic mass is 32.1. The quantitative estimate of drug-likeness (QED) is 0.837. The summed E-state index contributed by atoms with van der Waals surface area (Å²) in [5.41, 5.74) is 1.68. The van der Waals surface area contributed by atoms with E-state index in [1.165, 1.54) is 11.3 Å². The summed E-state index contributed by atoms with van der Waals surface area (Å²) in [4.78, 5) is 23.7. The van der Waals surface area contributed by atoms with E-state index in [4.69, 9.17) is 4.74 Å². The van der Waals surface area contributed by atoms with Crippen LogP contribution in [-0.4, -0.2) is 28.7 Å². The zero-order valence-corrected chi connectivity index (χ0v) is 11.3. The van der Waals surface area contributed by atoms with Crippen molar-refractivity contribution in [2.24, 2.45) is 0 Å². The number of hydrogen-bond acceptors (Lipinski definition) is 5. The van der Waals surface area contributed by atoms with Gasteiger partial charge in [-0.05, 0) is 30.9 Å². The van der Waals surface area contributed by atoms with Gasteiger partial charge in [0.2, 0.25) is 0 Å². The highest BCUT2D eigenvalue weighted by molar-refractivity contribution is 7.12. The fourth-order valence-electron chi connectivity index (χ4n) is 1.44. The van der Waals surface area contributed by atoms with Crippen LogP contribution in [0.25, 0.3) is 0 Å². The molecule has 0 aliphatic heterocycles. The number of nitrogens with one attached hydrogen (secondary N) is 2. The Kier molecular flexibility index (Phi) is 3.96. The van der Waals surface area contributed by atoms with Crippen LogP contribution in [-0.2, 0) is 9.53 Å². The zero-order valence-electron chi connectivity index (χ0n) is 10.5. The molecule has 100 valence electrons. The van der Waals surface area contributed by atoms with Crippen molar-refractivity contribution in [1.82, 2.24) is 10.2 Å². The molecule has 2 heterocycles. The average Bonchev–Trinajstić information content (AvgIpc) is 2.95. The first-order valence-electron chi connectivity index (χ1n) is 5.59. The molecule has 2 N–H and O–H groups in total. The lowest BCUT2D eigenvalue weighted by atomic mass is 10.3. The van der Waals surface area contributed by atoms with Crippen molar-refractivity contribution in [3.63, 3.8) is 0 Å². The number of nitrogens with zero attached hydrogens (tertiary/aromatic N) is 1. The van der Waals surface area contributed by atoms with Gasteiger partial charge in [0, 0.05) is 11.8 Å². The number of thiophene rings is 1. The third-order valence-corrected chi connectivity index (χ3v) is 3.35. The van der Waals surface area contributed by atoms with Crippen LogP contribution in [0.5, 0.6) is 0 Å². The highest BCUT2D eigenvalue weighted by Gasteiger charge is 2.14. The summed E-state index contributed by atoms with van der Waals surface area (Å²) in [7, 11) is 0. The van der Waals surface area contributed by atoms with E-state index in [1.54, 1.807) is 11.4 Å². The first-order valence-corrected chi connectivity index (χ1v) is 6.47. The molecule has 1 amide bonds. The van der Waals surface area contributed by atoms with Gasteiger partial charge < -0.3 is 10.1 Å². The normalized spacial score (nSPS) is 10.2. The van der Waals surface area contributed by atoms with Crippen LogP contribution < -0.4 is 5.32 Å². The van der Waals surface area contributed by atoms with Gasteiger partial charge in [0.1, 0.15) is 4.88 Å². The number of rotatable bonds is 4. The molecular weight excluding hydrogens is 266 g/mol. The van der Waals surface area contributed by atoms with Gasteiger partial charge in [-0.15, -0.1) is 11.3 Å². The number of aromatic amines is 1. The number of aromatic nitrogens is 2. The SMILES string of the molecule is Cc1cc(NC(=O)COC(=O)c2sccc2C)n[nH]1. The van der Waals surface area contributed by atoms with Crippen LogP contribution in [0, 0.1) is 13.8 Å². The number of esters is 1. The van der Waals surface area contributed by atoms with E-state index < -0.39 is 11.9 Å². The predicted octanol–water partition coefficient (Wildman–Crippen LogP) is 1.88. The van der Waals surface area contributed by atoms with E-state index in [9.17, 15) is 9.59 Å². The molecule has 2 aromatic rings. The number of amides is 1. The van der Waals surface area contributed by atoms with E-state index in [0.717, 1.165) is 11.3 Å². The van der Waals surface area contributed by atoms with Crippen LogP contribution in [0.3, 0.4) is 0 Å². The summed E-state index contributed by atoms with van der Waals surface area (Å²) in [6, 6.07) is 3.51. The third kappa shape index (κ3) is 3.41. The smallest absolute Gasteiger partial charge is 0.349 e. The molecule has 0 atom stereocenters. The van der Waals surface area contributed by atoms with Gasteiger partial charge >= 0.3 is 5.97 Å². The molecule has 6 nitrogen and oxygen atoms in total. The molecule has 7 heteroatoms. The zero-order chi connectivity index (χ0) is 13.8. The van der Waals surface area contributed by atoms with Gasteiger partial charge in [-0.25, -0.2) is 4.79 Å². The Hall–Kier alpha value is -2.15. The summed E-state index contributed by atoms with van der Waals surface area (Å²) in [6.45, 7) is 3.31. The fraction of sp³-hybridized carbons (Fsp3) is 0.250. The standard InChI is InChI=1S/C12H13N3O3S/c1-7-3-4-19-11(7)12(17)18-6-10(16)13-9-5-8(2)14-15-9/h3-5H,6H2,1-2H3,(H2,13,14,15,16). The number of carbonyl (C=O) groups excluding carboxylic acids is 2. The van der Waals surface area contributed by atoms with E-state index in [2.05, 4.69) is 15.5 Å². The topological polar surface area (TPSA) is 84.1 Å². The molecule has 0 radical (unpaired) electrons. The van der Waals surface area contributed by atoms with Gasteiger partial charge in [0.15, 0.2) is 12.4 Å². The van der Waals surface area contributed by atoms with E-state index in [1.807, 2.05) is 19.9 Å². The predicted molar refractivity (Wildman–Crippen MR) is 71.3 cm³/mol. The second-order valence-electron chi connectivity index (χ2n) is 3.99. The van der Waals surface area contributed by atoms with Crippen LogP contribution in [0.2, 0.25) is 0 Å². The second kappa shape index (κ2) is 5.66. The van der Waals surface area contributed by atoms with Crippen molar-refractivity contribution in [3.8, 4) is 0 Å². The minimum atomic E-state index is -0.485. The van der Waals surface area contributed by atoms with Crippen molar-refractivity contribution < 1.29 is 14.3 Å². The minimum absolute atomic E-state index is 0.331. The van der Waals surface area contributed by atoms with Gasteiger partial charge in [-0.3, -0.25) is 9.89 Å². The highest BCUT2D eigenvalue weighted by Crippen LogP contribution is 2.16. The maximum Gasteiger partial charge on any atom is 0.349 e. The molecule has 0 saturated carbocycles. The molecule has 0 spiro atoms. The lowest BCUT2D eigenvalue weighted by molar-refractivity contribution is -0.119. The van der Waals surface area contributed by atoms with Crippen molar-refractivity contribution in [2.75, 3.05) is 11.9 Å². The molecular formula is C12H13N3O3S. The lowest BCUT2D eigenvalue weighted by Crippen LogP contribution is -2.21. The molecule has 0 aliphatic carbocycles. The molecule has 2 rings (SSSR count). The number of anilines is 1. The Morgan fingerprint density at radius 2 is 2.26 bits per heavy atom. The minimum Gasteiger partial charge on any atom is -0.451 e. The Morgan fingerprint density at radius 1 is 1.47 bits per heavy atom. The summed E-state index contributed by atoms with van der Waals surface area (Å²) in [5.74, 6) is -0.499. The van der Waals surface area contributed by atoms with Crippen LogP contribution in [0.4, 0.5) is 5.82 Å². The Balaban J connectivity index is 1.84. The summed E-state index contributed by atoms with van der Waals surface area (Å²) in [5, 5.41) is 10.9. The Bertz CT molecular complexity index is 603. The molecule has 0 saturated heterocycles. The first kappa shape index (κ1) is 13.3. The monoisotopic (exact) mass is 279 g/mol. The van der Waals surface area contributed by atoms with Gasteiger partial charge in [-0.2, -0.15) is 5.10 Å². The second-order valence-corrected chi connectivity index (χ2v) is 4.91. The number of hydrogen-bond donors (Lipinski definition) is 2. The molecule has 2 aromatic heterocycles. The maximum atomic E-state index is 11.7. The van der Waals surface area contributed by atoms with Crippen molar-refractivity contribution in [2.45, 2.75) is 13.8 Å². The molecule has 0 aliphatic rings. The van der Waals surface area contributed by atoms with Crippen LogP contribution in [0.15, 0.2) is 17.5 Å². The summed E-state index contributed by atoms with van der Waals surface area (Å²) < 4.78 is 4.93. The first-order chi connectivity index (χ1) is 9.06. The van der Waals surface area contributed by atoms with E-state index in [0.29, 0.717) is 10.7 Å². The van der Waals surface area contributed by atoms with Crippen molar-refractivity contribution >= 4 is 29.0 Å². The Labute approximate surface area is 113 Å². The lowest BCUT2D eigenvalue weighted by Gasteiger charge is -2.04. The molecule has 19 heavy (non-hydrogen) atoms. The van der Waals surface area contributed by atoms with Crippen LogP contribution in [0.1, 0.15) is 20.9 Å². The number of aryl methyl sites for hydroxylation is 2. The molecule has 0 bridgehead atoms. The number of ether oxygens (including phenoxy) is 1. The van der Waals surface area contributed by atoms with Crippen molar-refractivity contribution in [1.29, 1.82) is 0 Å².